The van der Waals surface area contributed by atoms with Gasteiger partial charge < -0.3 is 10.4 Å². The number of hydrogen-bond donors (Lipinski definition) is 2. The van der Waals surface area contributed by atoms with Crippen LogP contribution in [0.4, 0.5) is 0 Å². The van der Waals surface area contributed by atoms with E-state index in [0.29, 0.717) is 17.8 Å². The lowest BCUT2D eigenvalue weighted by Crippen LogP contribution is -2.16. The summed E-state index contributed by atoms with van der Waals surface area (Å²) < 4.78 is 0. The topological polar surface area (TPSA) is 89.0 Å². The molecule has 0 saturated heterocycles. The van der Waals surface area contributed by atoms with Gasteiger partial charge in [-0.3, -0.25) is 0 Å². The standard InChI is InChI=1S/C10H15N3O2/c1-6(12-14)9(13-15)8-7(4-5-11)10(8,2)3/h7-8,14-15H,4H2,1-3H3. The Kier molecular flexibility index (Phi) is 2.98. The monoisotopic (exact) mass is 209 g/mol. The lowest BCUT2D eigenvalue weighted by atomic mass is 10.0. The first-order valence-electron chi connectivity index (χ1n) is 4.78. The number of hydrogen-bond acceptors (Lipinski definition) is 5. The SMILES string of the molecule is CC(=NO)C(=NO)C1C(CC#N)C1(C)C. The normalized spacial score (nSPS) is 29.7. The van der Waals surface area contributed by atoms with Crippen LogP contribution in [0.15, 0.2) is 10.3 Å². The highest BCUT2D eigenvalue weighted by atomic mass is 16.4. The van der Waals surface area contributed by atoms with Crippen LogP contribution in [0.3, 0.4) is 0 Å². The van der Waals surface area contributed by atoms with Crippen molar-refractivity contribution in [2.75, 3.05) is 0 Å². The van der Waals surface area contributed by atoms with Gasteiger partial charge in [0.15, 0.2) is 0 Å². The van der Waals surface area contributed by atoms with Crippen LogP contribution >= 0.6 is 0 Å². The summed E-state index contributed by atoms with van der Waals surface area (Å²) >= 11 is 0. The van der Waals surface area contributed by atoms with E-state index in [4.69, 9.17) is 15.7 Å². The van der Waals surface area contributed by atoms with Gasteiger partial charge >= 0.3 is 0 Å². The van der Waals surface area contributed by atoms with Crippen molar-refractivity contribution in [3.63, 3.8) is 0 Å². The highest BCUT2D eigenvalue weighted by Crippen LogP contribution is 2.60. The molecule has 1 saturated carbocycles. The summed E-state index contributed by atoms with van der Waals surface area (Å²) in [5.41, 5.74) is 0.613. The summed E-state index contributed by atoms with van der Waals surface area (Å²) in [6.45, 7) is 5.60. The molecule has 0 bridgehead atoms. The molecule has 0 amide bonds. The zero-order valence-corrected chi connectivity index (χ0v) is 9.10. The average Bonchev–Trinajstić information content (AvgIpc) is 2.71. The lowest BCUT2D eigenvalue weighted by molar-refractivity contribution is 0.312. The first-order chi connectivity index (χ1) is 7.00. The van der Waals surface area contributed by atoms with Crippen LogP contribution < -0.4 is 0 Å². The first-order valence-corrected chi connectivity index (χ1v) is 4.78. The van der Waals surface area contributed by atoms with Gasteiger partial charge in [-0.15, -0.1) is 0 Å². The second-order valence-corrected chi connectivity index (χ2v) is 4.44. The zero-order valence-electron chi connectivity index (χ0n) is 9.10. The van der Waals surface area contributed by atoms with Crippen molar-refractivity contribution in [2.45, 2.75) is 27.2 Å². The predicted octanol–water partition coefficient (Wildman–Crippen LogP) is 1.85. The molecule has 0 spiro atoms. The second kappa shape index (κ2) is 3.89. The van der Waals surface area contributed by atoms with E-state index in [0.717, 1.165) is 0 Å². The van der Waals surface area contributed by atoms with Gasteiger partial charge in [0.1, 0.15) is 11.4 Å². The Labute approximate surface area is 88.7 Å². The summed E-state index contributed by atoms with van der Waals surface area (Å²) in [5, 5.41) is 32.3. The minimum absolute atomic E-state index is 0.00181. The molecule has 0 aromatic rings. The molecule has 2 atom stereocenters. The van der Waals surface area contributed by atoms with E-state index in [1.165, 1.54) is 0 Å². The van der Waals surface area contributed by atoms with E-state index in [1.807, 2.05) is 13.8 Å². The largest absolute Gasteiger partial charge is 0.411 e. The third-order valence-corrected chi connectivity index (χ3v) is 3.28. The molecule has 2 N–H and O–H groups in total. The maximum absolute atomic E-state index is 8.87. The average molecular weight is 209 g/mol. The third-order valence-electron chi connectivity index (χ3n) is 3.28. The summed E-state index contributed by atoms with van der Waals surface area (Å²) in [7, 11) is 0. The zero-order chi connectivity index (χ0) is 11.6. The molecule has 5 heteroatoms. The summed E-state index contributed by atoms with van der Waals surface area (Å²) in [4.78, 5) is 0. The fourth-order valence-electron chi connectivity index (χ4n) is 2.18. The molecular weight excluding hydrogens is 194 g/mol. The van der Waals surface area contributed by atoms with Crippen LogP contribution in [0, 0.1) is 28.6 Å². The van der Waals surface area contributed by atoms with Crippen LogP contribution in [0.1, 0.15) is 27.2 Å². The Balaban J connectivity index is 2.88. The Morgan fingerprint density at radius 1 is 1.40 bits per heavy atom. The van der Waals surface area contributed by atoms with Gasteiger partial charge in [0, 0.05) is 12.3 Å². The van der Waals surface area contributed by atoms with E-state index in [-0.39, 0.29) is 17.3 Å². The predicted molar refractivity (Wildman–Crippen MR) is 55.1 cm³/mol. The molecule has 0 radical (unpaired) electrons. The van der Waals surface area contributed by atoms with Crippen LogP contribution in [-0.2, 0) is 0 Å². The molecule has 0 aromatic heterocycles. The number of nitriles is 1. The summed E-state index contributed by atoms with van der Waals surface area (Å²) in [5.74, 6) is 0.170. The highest BCUT2D eigenvalue weighted by molar-refractivity contribution is 6.42. The van der Waals surface area contributed by atoms with Gasteiger partial charge in [0.05, 0.1) is 6.07 Å². The molecule has 15 heavy (non-hydrogen) atoms. The van der Waals surface area contributed by atoms with E-state index in [9.17, 15) is 0 Å². The van der Waals surface area contributed by atoms with Gasteiger partial charge in [-0.25, -0.2) is 0 Å². The molecule has 5 nitrogen and oxygen atoms in total. The van der Waals surface area contributed by atoms with Gasteiger partial charge in [0.2, 0.25) is 0 Å². The molecule has 2 unspecified atom stereocenters. The van der Waals surface area contributed by atoms with Crippen molar-refractivity contribution in [2.24, 2.45) is 27.6 Å². The van der Waals surface area contributed by atoms with E-state index in [2.05, 4.69) is 16.4 Å². The molecule has 1 fully saturated rings. The van der Waals surface area contributed by atoms with Crippen molar-refractivity contribution in [3.8, 4) is 6.07 Å². The summed E-state index contributed by atoms with van der Waals surface area (Å²) in [6, 6.07) is 2.11. The third kappa shape index (κ3) is 1.80. The lowest BCUT2D eigenvalue weighted by Gasteiger charge is -2.03. The molecule has 1 rings (SSSR count). The van der Waals surface area contributed by atoms with Crippen LogP contribution in [0.25, 0.3) is 0 Å². The van der Waals surface area contributed by atoms with Crippen molar-refractivity contribution in [1.29, 1.82) is 5.26 Å². The van der Waals surface area contributed by atoms with Gasteiger partial charge in [0.25, 0.3) is 0 Å². The molecule has 1 aliphatic rings. The maximum atomic E-state index is 8.87. The Bertz CT molecular complexity index is 352. The molecule has 0 heterocycles. The Hall–Kier alpha value is -1.57. The fourth-order valence-corrected chi connectivity index (χ4v) is 2.18. The first kappa shape index (κ1) is 11.5. The molecule has 0 aromatic carbocycles. The number of nitrogens with zero attached hydrogens (tertiary/aromatic N) is 3. The van der Waals surface area contributed by atoms with Gasteiger partial charge in [-0.1, -0.05) is 24.2 Å². The van der Waals surface area contributed by atoms with Crippen molar-refractivity contribution < 1.29 is 10.4 Å². The second-order valence-electron chi connectivity index (χ2n) is 4.44. The minimum Gasteiger partial charge on any atom is -0.411 e. The molecule has 82 valence electrons. The highest BCUT2D eigenvalue weighted by Gasteiger charge is 2.60. The van der Waals surface area contributed by atoms with Gasteiger partial charge in [-0.05, 0) is 18.3 Å². The minimum atomic E-state index is -0.0662. The van der Waals surface area contributed by atoms with Crippen molar-refractivity contribution in [1.82, 2.24) is 0 Å². The van der Waals surface area contributed by atoms with Crippen molar-refractivity contribution in [3.05, 3.63) is 0 Å². The van der Waals surface area contributed by atoms with Crippen molar-refractivity contribution >= 4 is 11.4 Å². The smallest absolute Gasteiger partial charge is 0.108 e. The molecule has 1 aliphatic carbocycles. The van der Waals surface area contributed by atoms with Crippen LogP contribution in [0.5, 0.6) is 0 Å². The van der Waals surface area contributed by atoms with Crippen LogP contribution in [0.2, 0.25) is 0 Å². The summed E-state index contributed by atoms with van der Waals surface area (Å²) in [6.07, 6.45) is 0.426. The maximum Gasteiger partial charge on any atom is 0.108 e. The van der Waals surface area contributed by atoms with Gasteiger partial charge in [-0.2, -0.15) is 5.26 Å². The van der Waals surface area contributed by atoms with E-state index < -0.39 is 0 Å². The van der Waals surface area contributed by atoms with E-state index in [1.54, 1.807) is 6.92 Å². The quantitative estimate of drug-likeness (QED) is 0.422. The number of rotatable bonds is 3. The number of oxime groups is 2. The van der Waals surface area contributed by atoms with Crippen LogP contribution in [-0.4, -0.2) is 21.8 Å². The fraction of sp³-hybridized carbons (Fsp3) is 0.700. The molecular formula is C10H15N3O2. The Morgan fingerprint density at radius 3 is 2.40 bits per heavy atom. The Morgan fingerprint density at radius 2 is 2.00 bits per heavy atom. The van der Waals surface area contributed by atoms with E-state index >= 15 is 0 Å². The molecule has 0 aliphatic heterocycles.